The minimum absolute atomic E-state index is 0.194. The van der Waals surface area contributed by atoms with Gasteiger partial charge in [-0.2, -0.15) is 0 Å². The number of aromatic nitrogens is 1. The lowest BCUT2D eigenvalue weighted by Gasteiger charge is -2.37. The summed E-state index contributed by atoms with van der Waals surface area (Å²) in [5.41, 5.74) is 2.68. The summed E-state index contributed by atoms with van der Waals surface area (Å²) >= 11 is 6.53. The quantitative estimate of drug-likeness (QED) is 0.516. The van der Waals surface area contributed by atoms with Crippen molar-refractivity contribution in [1.82, 2.24) is 9.47 Å². The molecular weight excluding hydrogens is 454 g/mol. The van der Waals surface area contributed by atoms with Crippen LogP contribution in [0, 0.1) is 0 Å². The molecule has 7 nitrogen and oxygen atoms in total. The fourth-order valence-electron chi connectivity index (χ4n) is 5.10. The van der Waals surface area contributed by atoms with Gasteiger partial charge in [-0.15, -0.1) is 0 Å². The minimum Gasteiger partial charge on any atom is -0.478 e. The molecule has 3 heterocycles. The molecule has 1 aromatic heterocycles. The van der Waals surface area contributed by atoms with Crippen LogP contribution in [0.25, 0.3) is 10.9 Å². The summed E-state index contributed by atoms with van der Waals surface area (Å²) < 4.78 is 8.12. The second-order valence-electron chi connectivity index (χ2n) is 9.56. The van der Waals surface area contributed by atoms with Crippen molar-refractivity contribution in [3.8, 4) is 0 Å². The number of amides is 1. The number of nitrogens with zero attached hydrogens (tertiary/aromatic N) is 3. The zero-order valence-corrected chi connectivity index (χ0v) is 20.1. The van der Waals surface area contributed by atoms with Crippen LogP contribution < -0.4 is 4.90 Å². The second-order valence-corrected chi connectivity index (χ2v) is 9.96. The number of likely N-dealkylation sites (tertiary alicyclic amines) is 1. The van der Waals surface area contributed by atoms with Gasteiger partial charge >= 0.3 is 12.1 Å². The number of halogens is 1. The number of carbonyl (C=O) groups is 2. The second kappa shape index (κ2) is 8.64. The monoisotopic (exact) mass is 481 g/mol. The van der Waals surface area contributed by atoms with Crippen LogP contribution in [0.1, 0.15) is 48.7 Å². The molecule has 1 N–H and O–H groups in total. The first-order valence-corrected chi connectivity index (χ1v) is 12.0. The summed E-state index contributed by atoms with van der Waals surface area (Å²) in [7, 11) is 0. The van der Waals surface area contributed by atoms with Gasteiger partial charge in [-0.1, -0.05) is 23.7 Å². The van der Waals surface area contributed by atoms with E-state index in [0.717, 1.165) is 43.0 Å². The molecule has 3 aromatic rings. The predicted octanol–water partition coefficient (Wildman–Crippen LogP) is 5.57. The molecule has 0 saturated carbocycles. The molecule has 2 fully saturated rings. The predicted molar refractivity (Wildman–Crippen MR) is 132 cm³/mol. The molecule has 0 aliphatic carbocycles. The van der Waals surface area contributed by atoms with E-state index >= 15 is 0 Å². The third kappa shape index (κ3) is 4.03. The van der Waals surface area contributed by atoms with Gasteiger partial charge in [0.15, 0.2) is 0 Å². The summed E-state index contributed by atoms with van der Waals surface area (Å²) in [6.07, 6.45) is 3.35. The van der Waals surface area contributed by atoms with Crippen molar-refractivity contribution in [3.63, 3.8) is 0 Å². The van der Waals surface area contributed by atoms with Crippen molar-refractivity contribution < 1.29 is 19.4 Å². The van der Waals surface area contributed by atoms with Crippen LogP contribution in [0.2, 0.25) is 5.02 Å². The highest BCUT2D eigenvalue weighted by atomic mass is 35.5. The van der Waals surface area contributed by atoms with Crippen LogP contribution in [0.15, 0.2) is 48.7 Å². The Labute approximate surface area is 203 Å². The average molecular weight is 482 g/mol. The van der Waals surface area contributed by atoms with E-state index in [0.29, 0.717) is 18.3 Å². The molecule has 0 unspecified atom stereocenters. The van der Waals surface area contributed by atoms with Gasteiger partial charge in [-0.3, -0.25) is 9.80 Å². The summed E-state index contributed by atoms with van der Waals surface area (Å²) in [5, 5.41) is 11.1. The fraction of sp³-hybridized carbons (Fsp3) is 0.385. The molecule has 2 saturated heterocycles. The Bertz CT molecular complexity index is 1240. The number of fused-ring (bicyclic) bond motifs is 1. The smallest absolute Gasteiger partial charge is 0.415 e. The maximum atomic E-state index is 12.6. The van der Waals surface area contributed by atoms with Crippen LogP contribution in [0.4, 0.5) is 10.5 Å². The zero-order chi connectivity index (χ0) is 24.0. The molecule has 0 bridgehead atoms. The number of hydrogen-bond donors (Lipinski definition) is 1. The Morgan fingerprint density at radius 2 is 1.85 bits per heavy atom. The lowest BCUT2D eigenvalue weighted by molar-refractivity contribution is -0.000897. The van der Waals surface area contributed by atoms with E-state index < -0.39 is 11.6 Å². The van der Waals surface area contributed by atoms with Crippen LogP contribution in [-0.2, 0) is 11.3 Å². The Balaban J connectivity index is 1.28. The lowest BCUT2D eigenvalue weighted by Crippen LogP contribution is -2.46. The molecule has 8 heteroatoms. The van der Waals surface area contributed by atoms with Crippen LogP contribution in [0.5, 0.6) is 0 Å². The van der Waals surface area contributed by atoms with Gasteiger partial charge in [0.05, 0.1) is 22.6 Å². The summed E-state index contributed by atoms with van der Waals surface area (Å²) in [4.78, 5) is 27.8. The maximum absolute atomic E-state index is 12.6. The van der Waals surface area contributed by atoms with Crippen molar-refractivity contribution in [2.75, 3.05) is 24.5 Å². The van der Waals surface area contributed by atoms with Gasteiger partial charge in [-0.25, -0.2) is 9.59 Å². The zero-order valence-electron chi connectivity index (χ0n) is 19.3. The highest BCUT2D eigenvalue weighted by molar-refractivity contribution is 6.35. The van der Waals surface area contributed by atoms with E-state index in [2.05, 4.69) is 35.6 Å². The van der Waals surface area contributed by atoms with Crippen LogP contribution >= 0.6 is 11.6 Å². The SMILES string of the molecule is CC(C)n1cc(CN2CCC3(CC2)CN(c2ccc(C(=O)O)cc2)C(=O)O3)c2cccc(Cl)c21. The molecule has 34 heavy (non-hydrogen) atoms. The molecule has 2 aromatic carbocycles. The number of carboxylic acids is 1. The molecule has 178 valence electrons. The van der Waals surface area contributed by atoms with Gasteiger partial charge < -0.3 is 14.4 Å². The number of ether oxygens (including phenoxy) is 1. The average Bonchev–Trinajstić information content (AvgIpc) is 3.34. The van der Waals surface area contributed by atoms with E-state index in [1.54, 1.807) is 17.0 Å². The molecule has 2 aliphatic heterocycles. The van der Waals surface area contributed by atoms with E-state index in [1.807, 2.05) is 12.1 Å². The minimum atomic E-state index is -0.988. The van der Waals surface area contributed by atoms with Gasteiger partial charge in [0, 0.05) is 55.8 Å². The molecule has 5 rings (SSSR count). The van der Waals surface area contributed by atoms with Crippen molar-refractivity contribution in [2.24, 2.45) is 0 Å². The third-order valence-electron chi connectivity index (χ3n) is 7.00. The van der Waals surface area contributed by atoms with Gasteiger partial charge in [-0.05, 0) is 49.7 Å². The standard InChI is InChI=1S/C26H28ClN3O4/c1-17(2)29-15-19(21-4-3-5-22(27)23(21)29)14-28-12-10-26(11-13-28)16-30(25(33)34-26)20-8-6-18(7-9-20)24(31)32/h3-9,15,17H,10-14,16H2,1-2H3,(H,31,32). The molecule has 2 aliphatic rings. The molecule has 1 spiro atoms. The summed E-state index contributed by atoms with van der Waals surface area (Å²) in [6, 6.07) is 12.7. The first kappa shape index (κ1) is 22.7. The van der Waals surface area contributed by atoms with E-state index in [-0.39, 0.29) is 11.7 Å². The van der Waals surface area contributed by atoms with Gasteiger partial charge in [0.1, 0.15) is 5.60 Å². The molecule has 1 amide bonds. The lowest BCUT2D eigenvalue weighted by atomic mass is 9.91. The summed E-state index contributed by atoms with van der Waals surface area (Å²) in [5.74, 6) is -0.988. The number of rotatable bonds is 5. The van der Waals surface area contributed by atoms with Crippen LogP contribution in [-0.4, -0.2) is 51.9 Å². The fourth-order valence-corrected chi connectivity index (χ4v) is 5.37. The highest BCUT2D eigenvalue weighted by Gasteiger charge is 2.47. The Hall–Kier alpha value is -3.03. The topological polar surface area (TPSA) is 75.0 Å². The Morgan fingerprint density at radius 1 is 1.15 bits per heavy atom. The first-order valence-electron chi connectivity index (χ1n) is 11.6. The summed E-state index contributed by atoms with van der Waals surface area (Å²) in [6.45, 7) is 7.27. The van der Waals surface area contributed by atoms with Crippen molar-refractivity contribution in [3.05, 3.63) is 64.8 Å². The largest absolute Gasteiger partial charge is 0.478 e. The first-order chi connectivity index (χ1) is 16.3. The number of anilines is 1. The number of carbonyl (C=O) groups excluding carboxylic acids is 1. The van der Waals surface area contributed by atoms with Crippen LogP contribution in [0.3, 0.4) is 0 Å². The Kier molecular flexibility index (Phi) is 5.78. The van der Waals surface area contributed by atoms with Gasteiger partial charge in [0.25, 0.3) is 0 Å². The maximum Gasteiger partial charge on any atom is 0.415 e. The Morgan fingerprint density at radius 3 is 2.50 bits per heavy atom. The number of piperidine rings is 1. The molecular formula is C26H28ClN3O4. The van der Waals surface area contributed by atoms with Crippen molar-refractivity contribution in [2.45, 2.75) is 44.9 Å². The highest BCUT2D eigenvalue weighted by Crippen LogP contribution is 2.37. The van der Waals surface area contributed by atoms with E-state index in [4.69, 9.17) is 21.4 Å². The molecule has 0 atom stereocenters. The number of para-hydroxylation sites is 1. The van der Waals surface area contributed by atoms with E-state index in [1.165, 1.54) is 23.1 Å². The normalized spacial score (nSPS) is 18.2. The van der Waals surface area contributed by atoms with Crippen molar-refractivity contribution >= 4 is 40.3 Å². The molecule has 0 radical (unpaired) electrons. The third-order valence-corrected chi connectivity index (χ3v) is 7.30. The van der Waals surface area contributed by atoms with E-state index in [9.17, 15) is 9.59 Å². The number of hydrogen-bond acceptors (Lipinski definition) is 4. The van der Waals surface area contributed by atoms with Gasteiger partial charge in [0.2, 0.25) is 0 Å². The van der Waals surface area contributed by atoms with Crippen molar-refractivity contribution in [1.29, 1.82) is 0 Å². The number of aromatic carboxylic acids is 1. The number of carboxylic acid groups (broad SMARTS) is 1. The number of benzene rings is 2.